The maximum Gasteiger partial charge on any atom is 0.262 e. The Morgan fingerprint density at radius 3 is 2.10 bits per heavy atom. The van der Waals surface area contributed by atoms with Crippen molar-refractivity contribution in [3.05, 3.63) is 78.9 Å². The first kappa shape index (κ1) is 21.1. The lowest BCUT2D eigenvalue weighted by Crippen LogP contribution is -2.27. The van der Waals surface area contributed by atoms with Gasteiger partial charge in [-0.3, -0.25) is 4.79 Å². The summed E-state index contributed by atoms with van der Waals surface area (Å²) in [6, 6.07) is 23.8. The van der Waals surface area contributed by atoms with Gasteiger partial charge in [-0.1, -0.05) is 42.5 Å². The first-order valence-electron chi connectivity index (χ1n) is 10.2. The van der Waals surface area contributed by atoms with Gasteiger partial charge in [-0.05, 0) is 60.4 Å². The Kier molecular flexibility index (Phi) is 6.34. The number of hydrogen-bond donors (Lipinski definition) is 1. The van der Waals surface area contributed by atoms with Gasteiger partial charge in [0.15, 0.2) is 6.61 Å². The van der Waals surface area contributed by atoms with E-state index in [0.29, 0.717) is 24.5 Å². The van der Waals surface area contributed by atoms with Crippen molar-refractivity contribution in [1.29, 1.82) is 0 Å². The number of rotatable bonds is 7. The lowest BCUT2D eigenvalue weighted by molar-refractivity contribution is -0.118. The smallest absolute Gasteiger partial charge is 0.262 e. The Hall–Kier alpha value is -3.16. The summed E-state index contributed by atoms with van der Waals surface area (Å²) in [5.74, 6) is 0.282. The minimum Gasteiger partial charge on any atom is -0.484 e. The van der Waals surface area contributed by atoms with Gasteiger partial charge in [0, 0.05) is 18.8 Å². The van der Waals surface area contributed by atoms with Crippen LogP contribution in [0.5, 0.6) is 5.75 Å². The van der Waals surface area contributed by atoms with E-state index in [1.165, 1.54) is 16.4 Å². The molecule has 1 aliphatic rings. The number of sulfonamides is 1. The van der Waals surface area contributed by atoms with Crippen molar-refractivity contribution in [2.75, 3.05) is 25.0 Å². The maximum atomic E-state index is 12.6. The number of carbonyl (C=O) groups excluding carboxylic acids is 1. The SMILES string of the molecule is O=C(COc1ccc(-c2ccccc2)cc1)Nc1ccc(S(=O)(=O)N2CCCC2)cc1. The highest BCUT2D eigenvalue weighted by molar-refractivity contribution is 7.89. The van der Waals surface area contributed by atoms with Gasteiger partial charge in [0.05, 0.1) is 4.90 Å². The van der Waals surface area contributed by atoms with E-state index in [1.54, 1.807) is 12.1 Å². The fraction of sp³-hybridized carbons (Fsp3) is 0.208. The number of nitrogens with one attached hydrogen (secondary N) is 1. The van der Waals surface area contributed by atoms with Crippen LogP contribution in [0.1, 0.15) is 12.8 Å². The molecule has 0 unspecified atom stereocenters. The molecule has 0 saturated carbocycles. The molecule has 0 aromatic heterocycles. The Labute approximate surface area is 182 Å². The van der Waals surface area contributed by atoms with Crippen LogP contribution in [0.25, 0.3) is 11.1 Å². The highest BCUT2D eigenvalue weighted by atomic mass is 32.2. The van der Waals surface area contributed by atoms with Crippen LogP contribution in [0.15, 0.2) is 83.8 Å². The van der Waals surface area contributed by atoms with Crippen molar-refractivity contribution in [3.8, 4) is 16.9 Å². The van der Waals surface area contributed by atoms with Crippen molar-refractivity contribution in [2.45, 2.75) is 17.7 Å². The molecule has 7 heteroatoms. The minimum absolute atomic E-state index is 0.140. The average molecular weight is 437 g/mol. The zero-order valence-electron chi connectivity index (χ0n) is 17.0. The molecule has 3 aromatic carbocycles. The second-order valence-electron chi connectivity index (χ2n) is 7.36. The van der Waals surface area contributed by atoms with E-state index in [-0.39, 0.29) is 17.4 Å². The molecule has 1 amide bonds. The number of hydrogen-bond acceptors (Lipinski definition) is 4. The summed E-state index contributed by atoms with van der Waals surface area (Å²) in [6.45, 7) is 0.980. The number of nitrogens with zero attached hydrogens (tertiary/aromatic N) is 1. The van der Waals surface area contributed by atoms with E-state index >= 15 is 0 Å². The lowest BCUT2D eigenvalue weighted by Gasteiger charge is -2.15. The highest BCUT2D eigenvalue weighted by Gasteiger charge is 2.26. The third-order valence-electron chi connectivity index (χ3n) is 5.17. The predicted octanol–water partition coefficient (Wildman–Crippen LogP) is 4.16. The molecular formula is C24H24N2O4S. The van der Waals surface area contributed by atoms with Crippen LogP contribution in [0.3, 0.4) is 0 Å². The highest BCUT2D eigenvalue weighted by Crippen LogP contribution is 2.23. The molecule has 0 radical (unpaired) electrons. The lowest BCUT2D eigenvalue weighted by atomic mass is 10.1. The summed E-state index contributed by atoms with van der Waals surface area (Å²) >= 11 is 0. The number of anilines is 1. The van der Waals surface area contributed by atoms with Gasteiger partial charge in [-0.2, -0.15) is 4.31 Å². The Balaban J connectivity index is 1.31. The van der Waals surface area contributed by atoms with Gasteiger partial charge >= 0.3 is 0 Å². The van der Waals surface area contributed by atoms with Gasteiger partial charge in [0.25, 0.3) is 5.91 Å². The number of ether oxygens (including phenoxy) is 1. The first-order valence-corrected chi connectivity index (χ1v) is 11.6. The Morgan fingerprint density at radius 1 is 0.839 bits per heavy atom. The summed E-state index contributed by atoms with van der Waals surface area (Å²) in [6.07, 6.45) is 1.78. The van der Waals surface area contributed by atoms with Crippen molar-refractivity contribution in [2.24, 2.45) is 0 Å². The summed E-state index contributed by atoms with van der Waals surface area (Å²) in [4.78, 5) is 12.4. The largest absolute Gasteiger partial charge is 0.484 e. The molecule has 1 fully saturated rings. The van der Waals surface area contributed by atoms with Crippen molar-refractivity contribution in [1.82, 2.24) is 4.31 Å². The molecule has 0 bridgehead atoms. The molecular weight excluding hydrogens is 412 g/mol. The van der Waals surface area contributed by atoms with E-state index < -0.39 is 10.0 Å². The van der Waals surface area contributed by atoms with Gasteiger partial charge < -0.3 is 10.1 Å². The molecule has 0 aliphatic carbocycles. The molecule has 4 rings (SSSR count). The first-order chi connectivity index (χ1) is 15.0. The van der Waals surface area contributed by atoms with Crippen LogP contribution in [-0.4, -0.2) is 38.3 Å². The van der Waals surface area contributed by atoms with Crippen LogP contribution < -0.4 is 10.1 Å². The molecule has 0 atom stereocenters. The fourth-order valence-electron chi connectivity index (χ4n) is 3.51. The standard InChI is InChI=1S/C24H24N2O4S/c27-24(18-30-22-12-8-20(9-13-22)19-6-2-1-3-7-19)25-21-10-14-23(15-11-21)31(28,29)26-16-4-5-17-26/h1-3,6-15H,4-5,16-18H2,(H,25,27). The monoisotopic (exact) mass is 436 g/mol. The summed E-state index contributed by atoms with van der Waals surface area (Å²) < 4.78 is 32.2. The van der Waals surface area contributed by atoms with E-state index in [0.717, 1.165) is 24.0 Å². The predicted molar refractivity (Wildman–Crippen MR) is 120 cm³/mol. The Morgan fingerprint density at radius 2 is 1.45 bits per heavy atom. The van der Waals surface area contributed by atoms with Crippen LogP contribution in [0, 0.1) is 0 Å². The van der Waals surface area contributed by atoms with Crippen molar-refractivity contribution >= 4 is 21.6 Å². The zero-order valence-corrected chi connectivity index (χ0v) is 17.8. The van der Waals surface area contributed by atoms with Crippen LogP contribution in [-0.2, 0) is 14.8 Å². The average Bonchev–Trinajstić information content (AvgIpc) is 3.35. The van der Waals surface area contributed by atoms with E-state index in [1.807, 2.05) is 54.6 Å². The van der Waals surface area contributed by atoms with E-state index in [9.17, 15) is 13.2 Å². The fourth-order valence-corrected chi connectivity index (χ4v) is 5.03. The Bertz CT molecular complexity index is 1120. The summed E-state index contributed by atoms with van der Waals surface area (Å²) in [5, 5.41) is 2.73. The number of carbonyl (C=O) groups is 1. The molecule has 160 valence electrons. The van der Waals surface area contributed by atoms with Gasteiger partial charge in [-0.25, -0.2) is 8.42 Å². The zero-order chi connectivity index (χ0) is 21.7. The van der Waals surface area contributed by atoms with Gasteiger partial charge in [0.2, 0.25) is 10.0 Å². The molecule has 1 N–H and O–H groups in total. The molecule has 1 heterocycles. The summed E-state index contributed by atoms with van der Waals surface area (Å²) in [7, 11) is -3.46. The van der Waals surface area contributed by atoms with Crippen molar-refractivity contribution in [3.63, 3.8) is 0 Å². The quantitative estimate of drug-likeness (QED) is 0.604. The third kappa shape index (κ3) is 5.13. The van der Waals surface area contributed by atoms with Gasteiger partial charge in [0.1, 0.15) is 5.75 Å². The number of benzene rings is 3. The third-order valence-corrected chi connectivity index (χ3v) is 7.09. The molecule has 6 nitrogen and oxygen atoms in total. The topological polar surface area (TPSA) is 75.7 Å². The van der Waals surface area contributed by atoms with E-state index in [4.69, 9.17) is 4.74 Å². The van der Waals surface area contributed by atoms with Crippen LogP contribution in [0.4, 0.5) is 5.69 Å². The number of amides is 1. The molecule has 0 spiro atoms. The van der Waals surface area contributed by atoms with Crippen LogP contribution in [0.2, 0.25) is 0 Å². The summed E-state index contributed by atoms with van der Waals surface area (Å²) in [5.41, 5.74) is 2.71. The normalized spacial score (nSPS) is 14.3. The molecule has 3 aromatic rings. The molecule has 1 saturated heterocycles. The second kappa shape index (κ2) is 9.32. The van der Waals surface area contributed by atoms with E-state index in [2.05, 4.69) is 5.32 Å². The maximum absolute atomic E-state index is 12.6. The molecule has 1 aliphatic heterocycles. The minimum atomic E-state index is -3.46. The molecule has 31 heavy (non-hydrogen) atoms. The second-order valence-corrected chi connectivity index (χ2v) is 9.30. The van der Waals surface area contributed by atoms with Crippen LogP contribution >= 0.6 is 0 Å². The van der Waals surface area contributed by atoms with Gasteiger partial charge in [-0.15, -0.1) is 0 Å². The van der Waals surface area contributed by atoms with Crippen molar-refractivity contribution < 1.29 is 17.9 Å².